The van der Waals surface area contributed by atoms with Gasteiger partial charge in [0.05, 0.1) is 6.10 Å². The van der Waals surface area contributed by atoms with Crippen molar-refractivity contribution in [2.45, 2.75) is 65.4 Å². The Hall–Kier alpha value is -0.570. The van der Waals surface area contributed by atoms with Gasteiger partial charge in [0, 0.05) is 25.4 Å². The number of likely N-dealkylation sites (tertiary alicyclic amines) is 1. The predicted octanol–water partition coefficient (Wildman–Crippen LogP) is 2.82. The highest BCUT2D eigenvalue weighted by Crippen LogP contribution is 2.40. The maximum absolute atomic E-state index is 12.3. The molecule has 0 bridgehead atoms. The summed E-state index contributed by atoms with van der Waals surface area (Å²) >= 11 is 0. The highest BCUT2D eigenvalue weighted by atomic mass is 16.3. The Morgan fingerprint density at radius 1 is 1.42 bits per heavy atom. The summed E-state index contributed by atoms with van der Waals surface area (Å²) in [4.78, 5) is 14.3. The number of carbonyl (C=O) groups excluding carboxylic acids is 1. The van der Waals surface area contributed by atoms with Crippen LogP contribution in [0.4, 0.5) is 0 Å². The van der Waals surface area contributed by atoms with Crippen LogP contribution in [0.3, 0.4) is 0 Å². The van der Waals surface area contributed by atoms with Crippen molar-refractivity contribution in [2.75, 3.05) is 13.1 Å². The molecule has 3 unspecified atom stereocenters. The van der Waals surface area contributed by atoms with Gasteiger partial charge in [0.2, 0.25) is 5.91 Å². The first-order valence-corrected chi connectivity index (χ1v) is 7.83. The van der Waals surface area contributed by atoms with Gasteiger partial charge in [-0.1, -0.05) is 20.3 Å². The van der Waals surface area contributed by atoms with Gasteiger partial charge in [-0.05, 0) is 43.9 Å². The van der Waals surface area contributed by atoms with Crippen LogP contribution < -0.4 is 0 Å². The zero-order chi connectivity index (χ0) is 14.0. The Balaban J connectivity index is 1.81. The van der Waals surface area contributed by atoms with Crippen LogP contribution in [0.2, 0.25) is 0 Å². The van der Waals surface area contributed by atoms with E-state index in [1.807, 2.05) is 11.8 Å². The minimum absolute atomic E-state index is 0.284. The summed E-state index contributed by atoms with van der Waals surface area (Å²) in [6.45, 7) is 8.07. The van der Waals surface area contributed by atoms with Crippen molar-refractivity contribution in [1.82, 2.24) is 4.90 Å². The first-order valence-electron chi connectivity index (χ1n) is 7.83. The first kappa shape index (κ1) is 14.8. The number of rotatable bonds is 3. The molecule has 0 aromatic heterocycles. The van der Waals surface area contributed by atoms with E-state index in [1.165, 1.54) is 25.7 Å². The Morgan fingerprint density at radius 3 is 2.74 bits per heavy atom. The smallest absolute Gasteiger partial charge is 0.222 e. The molecule has 0 aromatic carbocycles. The van der Waals surface area contributed by atoms with Gasteiger partial charge in [-0.15, -0.1) is 0 Å². The summed E-state index contributed by atoms with van der Waals surface area (Å²) in [5.74, 6) is 1.17. The third kappa shape index (κ3) is 3.95. The van der Waals surface area contributed by atoms with E-state index >= 15 is 0 Å². The van der Waals surface area contributed by atoms with E-state index in [-0.39, 0.29) is 12.0 Å². The zero-order valence-corrected chi connectivity index (χ0v) is 12.7. The van der Waals surface area contributed by atoms with Crippen LogP contribution >= 0.6 is 0 Å². The number of carbonyl (C=O) groups is 1. The van der Waals surface area contributed by atoms with Gasteiger partial charge in [0.25, 0.3) is 0 Å². The number of amides is 1. The van der Waals surface area contributed by atoms with Crippen molar-refractivity contribution < 1.29 is 9.90 Å². The van der Waals surface area contributed by atoms with Gasteiger partial charge >= 0.3 is 0 Å². The monoisotopic (exact) mass is 267 g/mol. The fourth-order valence-corrected chi connectivity index (χ4v) is 3.81. The summed E-state index contributed by atoms with van der Waals surface area (Å²) in [6, 6.07) is 0. The summed E-state index contributed by atoms with van der Waals surface area (Å²) in [5.41, 5.74) is 0.413. The summed E-state index contributed by atoms with van der Waals surface area (Å²) in [6.07, 6.45) is 6.35. The lowest BCUT2D eigenvalue weighted by Gasteiger charge is -2.35. The summed E-state index contributed by atoms with van der Waals surface area (Å²) in [5, 5.41) is 9.60. The van der Waals surface area contributed by atoms with Crippen LogP contribution in [0, 0.1) is 17.3 Å². The van der Waals surface area contributed by atoms with Crippen molar-refractivity contribution >= 4 is 5.91 Å². The van der Waals surface area contributed by atoms with E-state index in [9.17, 15) is 9.90 Å². The Bertz CT molecular complexity index is 325. The van der Waals surface area contributed by atoms with Gasteiger partial charge in [-0.3, -0.25) is 4.79 Å². The normalized spacial score (nSPS) is 32.3. The van der Waals surface area contributed by atoms with Gasteiger partial charge in [0.1, 0.15) is 0 Å². The average molecular weight is 267 g/mol. The second kappa shape index (κ2) is 5.82. The highest BCUT2D eigenvalue weighted by Gasteiger charge is 2.33. The van der Waals surface area contributed by atoms with E-state index < -0.39 is 0 Å². The molecule has 2 fully saturated rings. The quantitative estimate of drug-likeness (QED) is 0.854. The average Bonchev–Trinajstić information content (AvgIpc) is 2.76. The highest BCUT2D eigenvalue weighted by molar-refractivity contribution is 5.76. The van der Waals surface area contributed by atoms with Crippen LogP contribution in [-0.4, -0.2) is 35.1 Å². The largest absolute Gasteiger partial charge is 0.393 e. The molecule has 0 aromatic rings. The number of nitrogens with zero attached hydrogens (tertiary/aromatic N) is 1. The Morgan fingerprint density at radius 2 is 2.16 bits per heavy atom. The third-order valence-corrected chi connectivity index (χ3v) is 5.03. The van der Waals surface area contributed by atoms with E-state index in [0.29, 0.717) is 17.2 Å². The van der Waals surface area contributed by atoms with Crippen LogP contribution in [0.25, 0.3) is 0 Å². The molecular formula is C16H29NO2. The van der Waals surface area contributed by atoms with Gasteiger partial charge in [-0.2, -0.15) is 0 Å². The molecule has 0 spiro atoms. The molecule has 0 radical (unpaired) electrons. The molecule has 1 aliphatic heterocycles. The molecule has 3 atom stereocenters. The van der Waals surface area contributed by atoms with E-state index in [0.717, 1.165) is 25.9 Å². The fraction of sp³-hybridized carbons (Fsp3) is 0.938. The molecule has 1 heterocycles. The molecule has 1 amide bonds. The van der Waals surface area contributed by atoms with Crippen LogP contribution in [0.15, 0.2) is 0 Å². The van der Waals surface area contributed by atoms with E-state index in [2.05, 4.69) is 13.8 Å². The molecule has 2 rings (SSSR count). The van der Waals surface area contributed by atoms with Crippen molar-refractivity contribution in [2.24, 2.45) is 17.3 Å². The molecule has 2 aliphatic rings. The molecule has 1 N–H and O–H groups in total. The van der Waals surface area contributed by atoms with Gasteiger partial charge in [-0.25, -0.2) is 0 Å². The number of hydrogen-bond acceptors (Lipinski definition) is 2. The van der Waals surface area contributed by atoms with Gasteiger partial charge < -0.3 is 10.0 Å². The zero-order valence-electron chi connectivity index (χ0n) is 12.7. The maximum Gasteiger partial charge on any atom is 0.222 e. The van der Waals surface area contributed by atoms with E-state index in [4.69, 9.17) is 0 Å². The SMILES string of the molecule is CC(O)C1CCN(C(=O)CC2CCCC(C)(C)C2)C1. The molecular weight excluding hydrogens is 238 g/mol. The molecule has 19 heavy (non-hydrogen) atoms. The lowest BCUT2D eigenvalue weighted by molar-refractivity contribution is -0.131. The lowest BCUT2D eigenvalue weighted by Crippen LogP contribution is -2.33. The molecule has 3 nitrogen and oxygen atoms in total. The maximum atomic E-state index is 12.3. The van der Waals surface area contributed by atoms with Gasteiger partial charge in [0.15, 0.2) is 0 Å². The third-order valence-electron chi connectivity index (χ3n) is 5.03. The van der Waals surface area contributed by atoms with Crippen molar-refractivity contribution in [3.63, 3.8) is 0 Å². The lowest BCUT2D eigenvalue weighted by atomic mass is 9.71. The molecule has 1 saturated carbocycles. The van der Waals surface area contributed by atoms with Crippen molar-refractivity contribution in [3.05, 3.63) is 0 Å². The minimum Gasteiger partial charge on any atom is -0.393 e. The molecule has 1 aliphatic carbocycles. The molecule has 1 saturated heterocycles. The topological polar surface area (TPSA) is 40.5 Å². The number of hydrogen-bond donors (Lipinski definition) is 1. The fourth-order valence-electron chi connectivity index (χ4n) is 3.81. The standard InChI is InChI=1S/C16H29NO2/c1-12(18)14-6-8-17(11-14)15(19)9-13-5-4-7-16(2,3)10-13/h12-14,18H,4-11H2,1-3H3. The van der Waals surface area contributed by atoms with Crippen molar-refractivity contribution in [1.29, 1.82) is 0 Å². The minimum atomic E-state index is -0.286. The second-order valence-corrected chi connectivity index (χ2v) is 7.46. The van der Waals surface area contributed by atoms with E-state index in [1.54, 1.807) is 0 Å². The Labute approximate surface area is 117 Å². The number of aliphatic hydroxyl groups is 1. The molecule has 110 valence electrons. The number of aliphatic hydroxyl groups excluding tert-OH is 1. The summed E-state index contributed by atoms with van der Waals surface area (Å²) in [7, 11) is 0. The summed E-state index contributed by atoms with van der Waals surface area (Å²) < 4.78 is 0. The van der Waals surface area contributed by atoms with Crippen LogP contribution in [0.1, 0.15) is 59.3 Å². The van der Waals surface area contributed by atoms with Crippen LogP contribution in [0.5, 0.6) is 0 Å². The first-order chi connectivity index (χ1) is 8.87. The predicted molar refractivity (Wildman–Crippen MR) is 76.7 cm³/mol. The second-order valence-electron chi connectivity index (χ2n) is 7.46. The Kier molecular flexibility index (Phi) is 4.54. The van der Waals surface area contributed by atoms with Crippen LogP contribution in [-0.2, 0) is 4.79 Å². The van der Waals surface area contributed by atoms with Crippen molar-refractivity contribution in [3.8, 4) is 0 Å². The molecule has 3 heteroatoms.